The van der Waals surface area contributed by atoms with Crippen LogP contribution in [0, 0.1) is 10.1 Å². The van der Waals surface area contributed by atoms with Crippen molar-refractivity contribution < 1.29 is 9.66 Å². The summed E-state index contributed by atoms with van der Waals surface area (Å²) < 4.78 is 5.27. The molecule has 7 heteroatoms. The van der Waals surface area contributed by atoms with Gasteiger partial charge < -0.3 is 10.1 Å². The van der Waals surface area contributed by atoms with Gasteiger partial charge in [-0.05, 0) is 27.2 Å². The molecule has 0 aromatic carbocycles. The lowest BCUT2D eigenvalue weighted by molar-refractivity contribution is -0.385. The highest BCUT2D eigenvalue weighted by atomic mass is 16.6. The molecule has 7 nitrogen and oxygen atoms in total. The number of ether oxygens (including phenoxy) is 1. The van der Waals surface area contributed by atoms with Gasteiger partial charge in [-0.1, -0.05) is 6.92 Å². The zero-order chi connectivity index (χ0) is 13.8. The third kappa shape index (κ3) is 3.83. The van der Waals surface area contributed by atoms with Gasteiger partial charge in [0.25, 0.3) is 5.88 Å². The van der Waals surface area contributed by atoms with Crippen LogP contribution in [0.3, 0.4) is 0 Å². The van der Waals surface area contributed by atoms with Gasteiger partial charge in [0.1, 0.15) is 6.33 Å². The second kappa shape index (κ2) is 5.61. The molecule has 0 unspecified atom stereocenters. The molecule has 1 aromatic rings. The minimum atomic E-state index is -0.529. The van der Waals surface area contributed by atoms with E-state index >= 15 is 0 Å². The van der Waals surface area contributed by atoms with Gasteiger partial charge in [0.15, 0.2) is 0 Å². The summed E-state index contributed by atoms with van der Waals surface area (Å²) in [7, 11) is 0. The van der Waals surface area contributed by atoms with Gasteiger partial charge in [-0.2, -0.15) is 4.98 Å². The number of nitrogens with one attached hydrogen (secondary N) is 1. The lowest BCUT2D eigenvalue weighted by Gasteiger charge is -2.21. The lowest BCUT2D eigenvalue weighted by atomic mass is 10.1. The molecule has 100 valence electrons. The molecule has 0 spiro atoms. The topological polar surface area (TPSA) is 90.2 Å². The molecular weight excluding hydrogens is 236 g/mol. The van der Waals surface area contributed by atoms with E-state index in [4.69, 9.17) is 4.74 Å². The average Bonchev–Trinajstić information content (AvgIpc) is 2.23. The van der Waals surface area contributed by atoms with E-state index in [0.29, 0.717) is 6.61 Å². The Hall–Kier alpha value is -1.92. The van der Waals surface area contributed by atoms with E-state index in [1.165, 1.54) is 6.33 Å². The first kappa shape index (κ1) is 14.1. The summed E-state index contributed by atoms with van der Waals surface area (Å²) in [4.78, 5) is 18.3. The largest absolute Gasteiger partial charge is 0.473 e. The first-order valence-electron chi connectivity index (χ1n) is 5.75. The molecule has 0 saturated heterocycles. The molecule has 18 heavy (non-hydrogen) atoms. The maximum Gasteiger partial charge on any atom is 0.372 e. The molecule has 0 atom stereocenters. The van der Waals surface area contributed by atoms with E-state index in [1.54, 1.807) is 0 Å². The molecule has 0 fully saturated rings. The Morgan fingerprint density at radius 2 is 2.11 bits per heavy atom. The van der Waals surface area contributed by atoms with E-state index in [9.17, 15) is 10.1 Å². The fraction of sp³-hybridized carbons (Fsp3) is 0.636. The standard InChI is InChI=1S/C11H18N4O3/c1-5-6-18-10-8(15(16)17)9(12-7-13-10)14-11(2,3)4/h7H,5-6H2,1-4H3,(H,12,13,14). The Morgan fingerprint density at radius 1 is 1.44 bits per heavy atom. The van der Waals surface area contributed by atoms with E-state index in [0.717, 1.165) is 6.42 Å². The first-order valence-corrected chi connectivity index (χ1v) is 5.75. The fourth-order valence-corrected chi connectivity index (χ4v) is 1.28. The van der Waals surface area contributed by atoms with E-state index in [1.807, 2.05) is 27.7 Å². The van der Waals surface area contributed by atoms with Crippen molar-refractivity contribution in [1.82, 2.24) is 9.97 Å². The van der Waals surface area contributed by atoms with Gasteiger partial charge in [0.2, 0.25) is 5.82 Å². The quantitative estimate of drug-likeness (QED) is 0.640. The van der Waals surface area contributed by atoms with Crippen molar-refractivity contribution in [3.05, 3.63) is 16.4 Å². The molecule has 1 aromatic heterocycles. The third-order valence-electron chi connectivity index (χ3n) is 1.91. The van der Waals surface area contributed by atoms with Crippen LogP contribution in [0.2, 0.25) is 0 Å². The van der Waals surface area contributed by atoms with Crippen LogP contribution in [0.1, 0.15) is 34.1 Å². The summed E-state index contributed by atoms with van der Waals surface area (Å²) >= 11 is 0. The van der Waals surface area contributed by atoms with Crippen LogP contribution in [-0.2, 0) is 0 Å². The van der Waals surface area contributed by atoms with Gasteiger partial charge in [-0.15, -0.1) is 0 Å². The van der Waals surface area contributed by atoms with Crippen LogP contribution in [0.4, 0.5) is 11.5 Å². The number of anilines is 1. The van der Waals surface area contributed by atoms with Gasteiger partial charge in [0, 0.05) is 5.54 Å². The molecule has 1 heterocycles. The van der Waals surface area contributed by atoms with Gasteiger partial charge in [-0.3, -0.25) is 10.1 Å². The summed E-state index contributed by atoms with van der Waals surface area (Å²) in [5.41, 5.74) is -0.554. The Kier molecular flexibility index (Phi) is 4.41. The first-order chi connectivity index (χ1) is 8.35. The van der Waals surface area contributed by atoms with Crippen molar-refractivity contribution in [2.75, 3.05) is 11.9 Å². The minimum Gasteiger partial charge on any atom is -0.473 e. The Balaban J connectivity index is 3.13. The molecular formula is C11H18N4O3. The molecule has 0 saturated carbocycles. The molecule has 1 rings (SSSR count). The number of nitro groups is 1. The SMILES string of the molecule is CCCOc1ncnc(NC(C)(C)C)c1[N+](=O)[O-]. The van der Waals surface area contributed by atoms with E-state index in [-0.39, 0.29) is 22.9 Å². The Bertz CT molecular complexity index is 429. The van der Waals surface area contributed by atoms with Gasteiger partial charge >= 0.3 is 5.69 Å². The predicted molar refractivity (Wildman–Crippen MR) is 67.8 cm³/mol. The number of hydrogen-bond donors (Lipinski definition) is 1. The Labute approximate surface area is 106 Å². The second-order valence-electron chi connectivity index (χ2n) is 4.86. The second-order valence-corrected chi connectivity index (χ2v) is 4.86. The molecule has 0 aliphatic carbocycles. The van der Waals surface area contributed by atoms with Crippen LogP contribution < -0.4 is 10.1 Å². The van der Waals surface area contributed by atoms with Crippen molar-refractivity contribution in [3.63, 3.8) is 0 Å². The van der Waals surface area contributed by atoms with Crippen LogP contribution in [0.25, 0.3) is 0 Å². The number of rotatable bonds is 5. The summed E-state index contributed by atoms with van der Waals surface area (Å²) in [5.74, 6) is 0.178. The highest BCUT2D eigenvalue weighted by Gasteiger charge is 2.26. The van der Waals surface area contributed by atoms with Crippen molar-refractivity contribution in [1.29, 1.82) is 0 Å². The zero-order valence-corrected chi connectivity index (χ0v) is 11.1. The van der Waals surface area contributed by atoms with Crippen LogP contribution in [0.5, 0.6) is 5.88 Å². The Morgan fingerprint density at radius 3 is 2.61 bits per heavy atom. The highest BCUT2D eigenvalue weighted by Crippen LogP contribution is 2.32. The third-order valence-corrected chi connectivity index (χ3v) is 1.91. The predicted octanol–water partition coefficient (Wildman–Crippen LogP) is 2.38. The molecule has 0 amide bonds. The smallest absolute Gasteiger partial charge is 0.372 e. The summed E-state index contributed by atoms with van der Waals surface area (Å²) in [6, 6.07) is 0. The monoisotopic (exact) mass is 254 g/mol. The summed E-state index contributed by atoms with van der Waals surface area (Å²) in [5, 5.41) is 14.1. The minimum absolute atomic E-state index is 0.00333. The zero-order valence-electron chi connectivity index (χ0n) is 11.1. The molecule has 1 N–H and O–H groups in total. The molecule has 0 radical (unpaired) electrons. The fourth-order valence-electron chi connectivity index (χ4n) is 1.28. The normalized spacial score (nSPS) is 11.1. The van der Waals surface area contributed by atoms with E-state index < -0.39 is 4.92 Å². The maximum atomic E-state index is 11.1. The van der Waals surface area contributed by atoms with E-state index in [2.05, 4.69) is 15.3 Å². The average molecular weight is 254 g/mol. The summed E-state index contributed by atoms with van der Waals surface area (Å²) in [6.07, 6.45) is 2.01. The molecule has 0 aliphatic rings. The molecule has 0 aliphatic heterocycles. The molecule has 0 bridgehead atoms. The van der Waals surface area contributed by atoms with Crippen molar-refractivity contribution in [2.24, 2.45) is 0 Å². The van der Waals surface area contributed by atoms with Crippen molar-refractivity contribution >= 4 is 11.5 Å². The maximum absolute atomic E-state index is 11.1. The lowest BCUT2D eigenvalue weighted by Crippen LogP contribution is -2.27. The van der Waals surface area contributed by atoms with Crippen molar-refractivity contribution in [3.8, 4) is 5.88 Å². The number of hydrogen-bond acceptors (Lipinski definition) is 6. The van der Waals surface area contributed by atoms with Gasteiger partial charge in [-0.25, -0.2) is 4.98 Å². The van der Waals surface area contributed by atoms with Crippen molar-refractivity contribution in [2.45, 2.75) is 39.7 Å². The van der Waals surface area contributed by atoms with Crippen LogP contribution >= 0.6 is 0 Å². The number of aromatic nitrogens is 2. The van der Waals surface area contributed by atoms with Crippen LogP contribution in [0.15, 0.2) is 6.33 Å². The van der Waals surface area contributed by atoms with Crippen LogP contribution in [-0.4, -0.2) is 27.0 Å². The highest BCUT2D eigenvalue weighted by molar-refractivity contribution is 5.61. The summed E-state index contributed by atoms with van der Waals surface area (Å²) in [6.45, 7) is 7.98. The number of nitrogens with zero attached hydrogens (tertiary/aromatic N) is 3. The van der Waals surface area contributed by atoms with Gasteiger partial charge in [0.05, 0.1) is 11.5 Å².